The molecule has 132 valence electrons. The second kappa shape index (κ2) is 7.47. The summed E-state index contributed by atoms with van der Waals surface area (Å²) in [6, 6.07) is 13.3. The van der Waals surface area contributed by atoms with Gasteiger partial charge >= 0.3 is 0 Å². The minimum absolute atomic E-state index is 0.128. The number of nitrogens with zero attached hydrogens (tertiary/aromatic N) is 4. The number of rotatable bonds is 4. The molecule has 1 aromatic carbocycles. The van der Waals surface area contributed by atoms with Crippen LogP contribution in [0.3, 0.4) is 0 Å². The molecular weight excluding hydrogens is 326 g/mol. The van der Waals surface area contributed by atoms with E-state index in [2.05, 4.69) is 20.2 Å². The fourth-order valence-electron chi connectivity index (χ4n) is 3.39. The Morgan fingerprint density at radius 3 is 2.54 bits per heavy atom. The minimum Gasteiger partial charge on any atom is -0.339 e. The summed E-state index contributed by atoms with van der Waals surface area (Å²) >= 11 is 0. The first-order chi connectivity index (χ1) is 12.8. The van der Waals surface area contributed by atoms with E-state index in [1.807, 2.05) is 47.4 Å². The summed E-state index contributed by atoms with van der Waals surface area (Å²) in [6.07, 6.45) is 6.33. The average molecular weight is 347 g/mol. The topological polar surface area (TPSA) is 74.8 Å². The fourth-order valence-corrected chi connectivity index (χ4v) is 3.39. The van der Waals surface area contributed by atoms with E-state index >= 15 is 0 Å². The van der Waals surface area contributed by atoms with Crippen molar-refractivity contribution in [1.29, 1.82) is 0 Å². The Hall–Kier alpha value is -3.02. The highest BCUT2D eigenvalue weighted by Gasteiger charge is 2.24. The summed E-state index contributed by atoms with van der Waals surface area (Å²) in [4.78, 5) is 23.1. The van der Waals surface area contributed by atoms with Gasteiger partial charge in [0.15, 0.2) is 5.82 Å². The Labute approximate surface area is 152 Å². The van der Waals surface area contributed by atoms with Crippen LogP contribution >= 0.6 is 0 Å². The van der Waals surface area contributed by atoms with E-state index in [1.54, 1.807) is 12.4 Å². The number of carbonyl (C=O) groups is 1. The first-order valence-electron chi connectivity index (χ1n) is 8.95. The molecule has 0 radical (unpaired) electrons. The summed E-state index contributed by atoms with van der Waals surface area (Å²) in [6.45, 7) is 1.59. The largest absolute Gasteiger partial charge is 0.339 e. The van der Waals surface area contributed by atoms with Crippen LogP contribution in [0, 0.1) is 5.92 Å². The lowest BCUT2D eigenvalue weighted by Crippen LogP contribution is -2.38. The zero-order valence-corrected chi connectivity index (χ0v) is 14.5. The lowest BCUT2D eigenvalue weighted by molar-refractivity contribution is 0.0690. The molecule has 3 heterocycles. The Balaban J connectivity index is 1.33. The molecule has 0 unspecified atom stereocenters. The molecule has 1 saturated heterocycles. The van der Waals surface area contributed by atoms with Crippen molar-refractivity contribution in [1.82, 2.24) is 25.1 Å². The van der Waals surface area contributed by atoms with Gasteiger partial charge in [-0.25, -0.2) is 4.98 Å². The molecule has 1 fully saturated rings. The van der Waals surface area contributed by atoms with E-state index in [1.165, 1.54) is 0 Å². The molecule has 6 heteroatoms. The van der Waals surface area contributed by atoms with Crippen molar-refractivity contribution < 1.29 is 4.79 Å². The Bertz CT molecular complexity index is 854. The van der Waals surface area contributed by atoms with Crippen LogP contribution in [0.15, 0.2) is 54.9 Å². The zero-order valence-electron chi connectivity index (χ0n) is 14.5. The number of likely N-dealkylation sites (tertiary alicyclic amines) is 1. The molecule has 26 heavy (non-hydrogen) atoms. The number of H-pyrrole nitrogens is 1. The summed E-state index contributed by atoms with van der Waals surface area (Å²) in [5.41, 5.74) is 1.73. The first-order valence-corrected chi connectivity index (χ1v) is 8.95. The minimum atomic E-state index is 0.128. The van der Waals surface area contributed by atoms with Crippen LogP contribution in [0.1, 0.15) is 29.0 Å². The highest BCUT2D eigenvalue weighted by molar-refractivity contribution is 5.94. The normalized spacial score (nSPS) is 15.2. The van der Waals surface area contributed by atoms with Crippen molar-refractivity contribution in [3.05, 3.63) is 66.2 Å². The van der Waals surface area contributed by atoms with Gasteiger partial charge in [-0.1, -0.05) is 18.2 Å². The van der Waals surface area contributed by atoms with Crippen LogP contribution < -0.4 is 0 Å². The molecule has 3 aromatic rings. The molecule has 6 nitrogen and oxygen atoms in total. The summed E-state index contributed by atoms with van der Waals surface area (Å²) in [5.74, 6) is 2.26. The quantitative estimate of drug-likeness (QED) is 0.787. The predicted molar refractivity (Wildman–Crippen MR) is 98.4 cm³/mol. The molecule has 1 amide bonds. The van der Waals surface area contributed by atoms with Crippen molar-refractivity contribution >= 4 is 5.91 Å². The summed E-state index contributed by atoms with van der Waals surface area (Å²) in [7, 11) is 0. The molecule has 0 atom stereocenters. The third-order valence-electron chi connectivity index (χ3n) is 4.87. The smallest absolute Gasteiger partial charge is 0.253 e. The maximum absolute atomic E-state index is 12.5. The first kappa shape index (κ1) is 16.4. The Morgan fingerprint density at radius 1 is 1.08 bits per heavy atom. The number of piperidine rings is 1. The van der Waals surface area contributed by atoms with Crippen molar-refractivity contribution in [3.8, 4) is 11.4 Å². The number of amides is 1. The number of nitrogens with one attached hydrogen (secondary N) is 1. The predicted octanol–water partition coefficient (Wildman–Crippen LogP) is 2.96. The van der Waals surface area contributed by atoms with E-state index in [0.717, 1.165) is 49.3 Å². The number of aromatic nitrogens is 4. The number of benzene rings is 1. The second-order valence-electron chi connectivity index (χ2n) is 6.65. The number of aromatic amines is 1. The molecule has 0 bridgehead atoms. The average Bonchev–Trinajstić information content (AvgIpc) is 3.18. The van der Waals surface area contributed by atoms with Gasteiger partial charge in [0.1, 0.15) is 5.82 Å². The van der Waals surface area contributed by atoms with Crippen LogP contribution in [0.4, 0.5) is 0 Å². The molecule has 0 spiro atoms. The van der Waals surface area contributed by atoms with Crippen LogP contribution in [-0.2, 0) is 6.42 Å². The molecular formula is C20H21N5O. The lowest BCUT2D eigenvalue weighted by Gasteiger charge is -2.31. The molecule has 1 aliphatic heterocycles. The highest BCUT2D eigenvalue weighted by atomic mass is 16.2. The van der Waals surface area contributed by atoms with Crippen molar-refractivity contribution in [3.63, 3.8) is 0 Å². The van der Waals surface area contributed by atoms with Gasteiger partial charge in [0.2, 0.25) is 0 Å². The second-order valence-corrected chi connectivity index (χ2v) is 6.65. The summed E-state index contributed by atoms with van der Waals surface area (Å²) in [5, 5.41) is 7.36. The fraction of sp³-hybridized carbons (Fsp3) is 0.300. The number of pyridine rings is 1. The van der Waals surface area contributed by atoms with Crippen molar-refractivity contribution in [2.75, 3.05) is 13.1 Å². The number of hydrogen-bond donors (Lipinski definition) is 1. The molecule has 0 aliphatic carbocycles. The maximum Gasteiger partial charge on any atom is 0.253 e. The molecule has 1 aliphatic rings. The third-order valence-corrected chi connectivity index (χ3v) is 4.87. The molecule has 1 N–H and O–H groups in total. The van der Waals surface area contributed by atoms with Gasteiger partial charge in [0, 0.05) is 43.0 Å². The zero-order chi connectivity index (χ0) is 17.8. The van der Waals surface area contributed by atoms with Crippen LogP contribution in [-0.4, -0.2) is 44.1 Å². The molecule has 0 saturated carbocycles. The number of carbonyl (C=O) groups excluding carboxylic acids is 1. The van der Waals surface area contributed by atoms with Crippen molar-refractivity contribution in [2.24, 2.45) is 5.92 Å². The van der Waals surface area contributed by atoms with E-state index in [9.17, 15) is 4.79 Å². The van der Waals surface area contributed by atoms with Gasteiger partial charge in [-0.15, -0.1) is 0 Å². The van der Waals surface area contributed by atoms with E-state index < -0.39 is 0 Å². The van der Waals surface area contributed by atoms with Gasteiger partial charge in [-0.3, -0.25) is 14.9 Å². The Kier molecular flexibility index (Phi) is 4.73. The van der Waals surface area contributed by atoms with Gasteiger partial charge in [-0.05, 0) is 43.0 Å². The lowest BCUT2D eigenvalue weighted by atomic mass is 9.93. The number of hydrogen-bond acceptors (Lipinski definition) is 4. The van der Waals surface area contributed by atoms with Crippen LogP contribution in [0.25, 0.3) is 11.4 Å². The van der Waals surface area contributed by atoms with E-state index in [-0.39, 0.29) is 5.91 Å². The van der Waals surface area contributed by atoms with Crippen molar-refractivity contribution in [2.45, 2.75) is 19.3 Å². The van der Waals surface area contributed by atoms with E-state index in [4.69, 9.17) is 0 Å². The maximum atomic E-state index is 12.5. The van der Waals surface area contributed by atoms with Gasteiger partial charge < -0.3 is 4.90 Å². The van der Waals surface area contributed by atoms with E-state index in [0.29, 0.717) is 11.7 Å². The van der Waals surface area contributed by atoms with Crippen LogP contribution in [0.2, 0.25) is 0 Å². The molecule has 4 rings (SSSR count). The molecule has 2 aromatic heterocycles. The standard InChI is InChI=1S/C20H21N5O/c26-20(17-4-2-1-3-5-17)25-12-8-15(9-13-25)14-18-22-19(24-23-18)16-6-10-21-11-7-16/h1-7,10-11,15H,8-9,12-14H2,(H,22,23,24). The monoisotopic (exact) mass is 347 g/mol. The summed E-state index contributed by atoms with van der Waals surface area (Å²) < 4.78 is 0. The van der Waals surface area contributed by atoms with Gasteiger partial charge in [-0.2, -0.15) is 5.10 Å². The third kappa shape index (κ3) is 3.64. The highest BCUT2D eigenvalue weighted by Crippen LogP contribution is 2.22. The Morgan fingerprint density at radius 2 is 1.81 bits per heavy atom. The van der Waals surface area contributed by atoms with Crippen LogP contribution in [0.5, 0.6) is 0 Å². The van der Waals surface area contributed by atoms with Gasteiger partial charge in [0.25, 0.3) is 5.91 Å². The van der Waals surface area contributed by atoms with Gasteiger partial charge in [0.05, 0.1) is 0 Å². The SMILES string of the molecule is O=C(c1ccccc1)N1CCC(Cc2nc(-c3ccncc3)n[nH]2)CC1.